The number of guanidine groups is 1. The molecular formula is C18H22ClIN6O2. The van der Waals surface area contributed by atoms with Crippen LogP contribution in [0.5, 0.6) is 0 Å². The van der Waals surface area contributed by atoms with Crippen molar-refractivity contribution in [2.75, 3.05) is 25.0 Å². The smallest absolute Gasteiger partial charge is 0.274 e. The Balaban J connectivity index is 0.00000280. The van der Waals surface area contributed by atoms with E-state index in [4.69, 9.17) is 11.6 Å². The zero-order valence-corrected chi connectivity index (χ0v) is 18.4. The van der Waals surface area contributed by atoms with E-state index in [-0.39, 0.29) is 40.6 Å². The molecule has 3 rings (SSSR count). The topological polar surface area (TPSA) is 95.7 Å². The SMILES string of the molecule is CN=C(NCc1ccccc1[N+](=O)[O-])NC1CCN(c2ncccc2Cl)C1.I. The molecule has 1 atom stereocenters. The van der Waals surface area contributed by atoms with Crippen LogP contribution in [0.2, 0.25) is 5.02 Å². The third-order valence-electron chi connectivity index (χ3n) is 4.43. The van der Waals surface area contributed by atoms with Gasteiger partial charge in [-0.15, -0.1) is 24.0 Å². The number of hydrogen-bond donors (Lipinski definition) is 2. The third kappa shape index (κ3) is 5.44. The van der Waals surface area contributed by atoms with Gasteiger partial charge in [-0.25, -0.2) is 4.98 Å². The summed E-state index contributed by atoms with van der Waals surface area (Å²) in [6.45, 7) is 1.91. The minimum absolute atomic E-state index is 0. The quantitative estimate of drug-likeness (QED) is 0.208. The van der Waals surface area contributed by atoms with Gasteiger partial charge in [0.1, 0.15) is 5.82 Å². The summed E-state index contributed by atoms with van der Waals surface area (Å²) in [5.41, 5.74) is 0.705. The van der Waals surface area contributed by atoms with Crippen LogP contribution < -0.4 is 15.5 Å². The fraction of sp³-hybridized carbons (Fsp3) is 0.333. The second-order valence-corrected chi connectivity index (χ2v) is 6.60. The van der Waals surface area contributed by atoms with E-state index in [1.165, 1.54) is 6.07 Å². The fourth-order valence-electron chi connectivity index (χ4n) is 3.09. The van der Waals surface area contributed by atoms with Crippen LogP contribution >= 0.6 is 35.6 Å². The van der Waals surface area contributed by atoms with Crippen LogP contribution in [0.15, 0.2) is 47.6 Å². The maximum atomic E-state index is 11.1. The number of nitro groups is 1. The lowest BCUT2D eigenvalue weighted by Crippen LogP contribution is -2.44. The molecule has 150 valence electrons. The number of nitro benzene ring substituents is 1. The van der Waals surface area contributed by atoms with Crippen molar-refractivity contribution in [3.8, 4) is 0 Å². The van der Waals surface area contributed by atoms with E-state index in [2.05, 4.69) is 25.5 Å². The Labute approximate surface area is 185 Å². The molecule has 10 heteroatoms. The van der Waals surface area contributed by atoms with Gasteiger partial charge in [-0.05, 0) is 18.6 Å². The predicted molar refractivity (Wildman–Crippen MR) is 122 cm³/mol. The van der Waals surface area contributed by atoms with Gasteiger partial charge in [0.15, 0.2) is 5.96 Å². The summed E-state index contributed by atoms with van der Waals surface area (Å²) in [4.78, 5) is 21.5. The molecule has 1 aromatic carbocycles. The lowest BCUT2D eigenvalue weighted by atomic mass is 10.2. The minimum atomic E-state index is -0.376. The zero-order valence-electron chi connectivity index (χ0n) is 15.3. The second kappa shape index (κ2) is 10.4. The highest BCUT2D eigenvalue weighted by Gasteiger charge is 2.25. The van der Waals surface area contributed by atoms with Crippen LogP contribution in [-0.2, 0) is 6.54 Å². The molecule has 0 spiro atoms. The van der Waals surface area contributed by atoms with Crippen molar-refractivity contribution in [1.82, 2.24) is 15.6 Å². The van der Waals surface area contributed by atoms with Crippen molar-refractivity contribution >= 4 is 53.0 Å². The number of hydrogen-bond acceptors (Lipinski definition) is 5. The van der Waals surface area contributed by atoms with Crippen molar-refractivity contribution in [3.05, 3.63) is 63.3 Å². The van der Waals surface area contributed by atoms with Gasteiger partial charge in [-0.1, -0.05) is 29.8 Å². The van der Waals surface area contributed by atoms with Crippen LogP contribution in [0.3, 0.4) is 0 Å². The molecule has 0 bridgehead atoms. The molecule has 1 fully saturated rings. The molecule has 0 aliphatic carbocycles. The molecule has 8 nitrogen and oxygen atoms in total. The summed E-state index contributed by atoms with van der Waals surface area (Å²) in [6, 6.07) is 10.5. The normalized spacial score (nSPS) is 16.4. The van der Waals surface area contributed by atoms with Crippen molar-refractivity contribution in [1.29, 1.82) is 0 Å². The third-order valence-corrected chi connectivity index (χ3v) is 4.72. The van der Waals surface area contributed by atoms with E-state index in [9.17, 15) is 10.1 Å². The van der Waals surface area contributed by atoms with Crippen molar-refractivity contribution < 1.29 is 4.92 Å². The number of benzene rings is 1. The Kier molecular flexibility index (Phi) is 8.24. The Hall–Kier alpha value is -2.14. The van der Waals surface area contributed by atoms with Crippen LogP contribution in [0.25, 0.3) is 0 Å². The average molecular weight is 517 g/mol. The number of halogens is 2. The van der Waals surface area contributed by atoms with Gasteiger partial charge in [0, 0.05) is 50.6 Å². The molecule has 28 heavy (non-hydrogen) atoms. The summed E-state index contributed by atoms with van der Waals surface area (Å²) in [5, 5.41) is 18.3. The first-order chi connectivity index (χ1) is 13.1. The lowest BCUT2D eigenvalue weighted by Gasteiger charge is -2.20. The van der Waals surface area contributed by atoms with Crippen LogP contribution in [0, 0.1) is 10.1 Å². The van der Waals surface area contributed by atoms with Crippen LogP contribution in [-0.4, -0.2) is 42.0 Å². The number of rotatable bonds is 5. The van der Waals surface area contributed by atoms with Gasteiger partial charge >= 0.3 is 0 Å². The summed E-state index contributed by atoms with van der Waals surface area (Å²) in [6.07, 6.45) is 2.65. The Morgan fingerprint density at radius 3 is 2.89 bits per heavy atom. The zero-order chi connectivity index (χ0) is 19.2. The number of nitrogens with one attached hydrogen (secondary N) is 2. The lowest BCUT2D eigenvalue weighted by molar-refractivity contribution is -0.385. The predicted octanol–water partition coefficient (Wildman–Crippen LogP) is 3.21. The fourth-order valence-corrected chi connectivity index (χ4v) is 3.33. The highest BCUT2D eigenvalue weighted by Crippen LogP contribution is 2.25. The van der Waals surface area contributed by atoms with Crippen molar-refractivity contribution in [2.24, 2.45) is 4.99 Å². The molecule has 2 N–H and O–H groups in total. The molecule has 2 heterocycles. The van der Waals surface area contributed by atoms with E-state index in [1.807, 2.05) is 12.1 Å². The molecule has 0 saturated carbocycles. The van der Waals surface area contributed by atoms with E-state index in [0.717, 1.165) is 25.3 Å². The molecule has 1 aromatic heterocycles. The minimum Gasteiger partial charge on any atom is -0.353 e. The molecule has 0 radical (unpaired) electrons. The van der Waals surface area contributed by atoms with Crippen LogP contribution in [0.1, 0.15) is 12.0 Å². The number of anilines is 1. The highest BCUT2D eigenvalue weighted by atomic mass is 127. The number of aromatic nitrogens is 1. The largest absolute Gasteiger partial charge is 0.353 e. The highest BCUT2D eigenvalue weighted by molar-refractivity contribution is 14.0. The first kappa shape index (κ1) is 22.2. The number of aliphatic imine (C=N–C) groups is 1. The van der Waals surface area contributed by atoms with Gasteiger partial charge < -0.3 is 15.5 Å². The number of para-hydroxylation sites is 1. The van der Waals surface area contributed by atoms with E-state index >= 15 is 0 Å². The monoisotopic (exact) mass is 516 g/mol. The molecule has 1 aliphatic rings. The van der Waals surface area contributed by atoms with Crippen molar-refractivity contribution in [3.63, 3.8) is 0 Å². The molecule has 0 amide bonds. The van der Waals surface area contributed by atoms with Crippen LogP contribution in [0.4, 0.5) is 11.5 Å². The summed E-state index contributed by atoms with van der Waals surface area (Å²) in [7, 11) is 1.68. The Morgan fingerprint density at radius 1 is 1.39 bits per heavy atom. The molecule has 2 aromatic rings. The van der Waals surface area contributed by atoms with E-state index < -0.39 is 0 Å². The molecule has 1 aliphatic heterocycles. The molecular weight excluding hydrogens is 495 g/mol. The van der Waals surface area contributed by atoms with Gasteiger partial charge in [0.2, 0.25) is 0 Å². The maximum absolute atomic E-state index is 11.1. The summed E-state index contributed by atoms with van der Waals surface area (Å²) in [5.74, 6) is 1.39. The maximum Gasteiger partial charge on any atom is 0.274 e. The van der Waals surface area contributed by atoms with Gasteiger partial charge in [0.25, 0.3) is 5.69 Å². The average Bonchev–Trinajstić information content (AvgIpc) is 3.14. The van der Waals surface area contributed by atoms with Gasteiger partial charge in [-0.2, -0.15) is 0 Å². The van der Waals surface area contributed by atoms with Gasteiger partial charge in [0.05, 0.1) is 9.95 Å². The Bertz CT molecular complexity index is 850. The van der Waals surface area contributed by atoms with E-state index in [0.29, 0.717) is 23.1 Å². The number of pyridine rings is 1. The number of nitrogens with zero attached hydrogens (tertiary/aromatic N) is 4. The van der Waals surface area contributed by atoms with Gasteiger partial charge in [-0.3, -0.25) is 15.1 Å². The first-order valence-corrected chi connectivity index (χ1v) is 9.01. The second-order valence-electron chi connectivity index (χ2n) is 6.20. The standard InChI is InChI=1S/C18H21ClN6O2.HI/c1-20-18(22-11-13-5-2-3-7-16(13)25(26)27)23-14-8-10-24(12-14)17-15(19)6-4-9-21-17;/h2-7,9,14H,8,10-12H2,1H3,(H2,20,22,23);1H. The van der Waals surface area contributed by atoms with E-state index in [1.54, 1.807) is 31.4 Å². The molecule has 1 saturated heterocycles. The first-order valence-electron chi connectivity index (χ1n) is 8.63. The summed E-state index contributed by atoms with van der Waals surface area (Å²) < 4.78 is 0. The van der Waals surface area contributed by atoms with Crippen molar-refractivity contribution in [2.45, 2.75) is 19.0 Å². The molecule has 1 unspecified atom stereocenters. The summed E-state index contributed by atoms with van der Waals surface area (Å²) >= 11 is 6.23. The Morgan fingerprint density at radius 2 is 2.18 bits per heavy atom.